The third-order valence-corrected chi connectivity index (χ3v) is 2.84. The van der Waals surface area contributed by atoms with Gasteiger partial charge in [0.05, 0.1) is 6.07 Å². The highest BCUT2D eigenvalue weighted by atomic mass is 19.1. The fraction of sp³-hybridized carbons (Fsp3) is 0.471. The molecule has 112 valence electrons. The van der Waals surface area contributed by atoms with Crippen LogP contribution in [0.15, 0.2) is 18.2 Å². The first-order chi connectivity index (χ1) is 10.0. The Balaban J connectivity index is 2.86. The molecule has 1 aromatic carbocycles. The third kappa shape index (κ3) is 6.90. The molecule has 21 heavy (non-hydrogen) atoms. The first kappa shape index (κ1) is 17.2. The van der Waals surface area contributed by atoms with Crippen molar-refractivity contribution < 1.29 is 9.50 Å². The van der Waals surface area contributed by atoms with E-state index in [1.165, 1.54) is 12.1 Å². The van der Waals surface area contributed by atoms with Gasteiger partial charge >= 0.3 is 0 Å². The zero-order chi connectivity index (χ0) is 15.7. The maximum absolute atomic E-state index is 13.6. The first-order valence-corrected chi connectivity index (χ1v) is 7.03. The van der Waals surface area contributed by atoms with Gasteiger partial charge in [-0.2, -0.15) is 5.26 Å². The molecule has 1 rings (SSSR count). The molecule has 0 aliphatic heterocycles. The van der Waals surface area contributed by atoms with Crippen LogP contribution in [-0.2, 0) is 6.54 Å². The van der Waals surface area contributed by atoms with Crippen molar-refractivity contribution in [2.24, 2.45) is 5.92 Å². The van der Waals surface area contributed by atoms with Gasteiger partial charge in [-0.1, -0.05) is 25.7 Å². The summed E-state index contributed by atoms with van der Waals surface area (Å²) >= 11 is 0. The Bertz CT molecular complexity index is 552. The Morgan fingerprint density at radius 2 is 2.10 bits per heavy atom. The molecule has 0 bridgehead atoms. The van der Waals surface area contributed by atoms with Gasteiger partial charge in [0.1, 0.15) is 12.4 Å². The van der Waals surface area contributed by atoms with E-state index in [9.17, 15) is 4.39 Å². The number of rotatable bonds is 6. The van der Waals surface area contributed by atoms with Crippen molar-refractivity contribution >= 4 is 0 Å². The minimum atomic E-state index is -0.334. The van der Waals surface area contributed by atoms with Crippen LogP contribution in [0.25, 0.3) is 0 Å². The molecule has 3 nitrogen and oxygen atoms in total. The Hall–Kier alpha value is -1.88. The van der Waals surface area contributed by atoms with Gasteiger partial charge in [0.25, 0.3) is 0 Å². The highest BCUT2D eigenvalue weighted by molar-refractivity contribution is 5.37. The zero-order valence-corrected chi connectivity index (χ0v) is 12.6. The molecule has 0 amide bonds. The van der Waals surface area contributed by atoms with Gasteiger partial charge in [-0.15, -0.1) is 0 Å². The quantitative estimate of drug-likeness (QED) is 0.818. The van der Waals surface area contributed by atoms with E-state index in [0.29, 0.717) is 31.0 Å². The van der Waals surface area contributed by atoms with Crippen molar-refractivity contribution in [3.05, 3.63) is 35.1 Å². The fourth-order valence-corrected chi connectivity index (χ4v) is 2.17. The van der Waals surface area contributed by atoms with Gasteiger partial charge < -0.3 is 5.11 Å². The maximum atomic E-state index is 13.6. The number of nitrogens with zero attached hydrogens (tertiary/aromatic N) is 2. The SMILES string of the molecule is CC(C)CN(CCC#N)Cc1cc(F)cc(C#CCO)c1. The second-order valence-corrected chi connectivity index (χ2v) is 5.35. The lowest BCUT2D eigenvalue weighted by Crippen LogP contribution is -2.28. The van der Waals surface area contributed by atoms with E-state index in [1.54, 1.807) is 0 Å². The molecule has 0 radical (unpaired) electrons. The predicted octanol–water partition coefficient (Wildman–Crippen LogP) is 2.54. The predicted molar refractivity (Wildman–Crippen MR) is 80.7 cm³/mol. The number of benzene rings is 1. The van der Waals surface area contributed by atoms with Crippen LogP contribution >= 0.6 is 0 Å². The van der Waals surface area contributed by atoms with Crippen LogP contribution < -0.4 is 0 Å². The molecule has 1 N–H and O–H groups in total. The number of aliphatic hydroxyl groups is 1. The molecule has 0 spiro atoms. The Labute approximate surface area is 126 Å². The molecule has 0 saturated carbocycles. The molecule has 0 heterocycles. The summed E-state index contributed by atoms with van der Waals surface area (Å²) in [6, 6.07) is 6.81. The lowest BCUT2D eigenvalue weighted by molar-refractivity contribution is 0.241. The molecular formula is C17H21FN2O. The summed E-state index contributed by atoms with van der Waals surface area (Å²) in [5, 5.41) is 17.4. The second kappa shape index (κ2) is 9.13. The lowest BCUT2D eigenvalue weighted by Gasteiger charge is -2.23. The highest BCUT2D eigenvalue weighted by Crippen LogP contribution is 2.13. The van der Waals surface area contributed by atoms with Crippen LogP contribution in [-0.4, -0.2) is 29.7 Å². The van der Waals surface area contributed by atoms with E-state index < -0.39 is 0 Å². The van der Waals surface area contributed by atoms with Crippen LogP contribution in [0.1, 0.15) is 31.4 Å². The van der Waals surface area contributed by atoms with E-state index in [2.05, 4.69) is 36.7 Å². The largest absolute Gasteiger partial charge is 0.384 e. The summed E-state index contributed by atoms with van der Waals surface area (Å²) in [6.45, 7) is 6.10. The monoisotopic (exact) mass is 288 g/mol. The number of halogens is 1. The number of hydrogen-bond acceptors (Lipinski definition) is 3. The van der Waals surface area contributed by atoms with Crippen molar-refractivity contribution in [3.8, 4) is 17.9 Å². The molecule has 0 fully saturated rings. The van der Waals surface area contributed by atoms with Gasteiger partial charge in [-0.3, -0.25) is 4.90 Å². The maximum Gasteiger partial charge on any atom is 0.124 e. The van der Waals surface area contributed by atoms with Gasteiger partial charge in [-0.05, 0) is 29.7 Å². The molecule has 1 aromatic rings. The third-order valence-electron chi connectivity index (χ3n) is 2.84. The summed E-state index contributed by atoms with van der Waals surface area (Å²) in [6.07, 6.45) is 0.458. The minimum absolute atomic E-state index is 0.243. The summed E-state index contributed by atoms with van der Waals surface area (Å²) in [7, 11) is 0. The van der Waals surface area contributed by atoms with E-state index in [1.807, 2.05) is 6.07 Å². The van der Waals surface area contributed by atoms with Crippen LogP contribution in [0.2, 0.25) is 0 Å². The Kier molecular flexibility index (Phi) is 7.46. The minimum Gasteiger partial charge on any atom is -0.384 e. The molecule has 0 atom stereocenters. The molecule has 0 unspecified atom stereocenters. The molecule has 4 heteroatoms. The van der Waals surface area contributed by atoms with E-state index in [-0.39, 0.29) is 12.4 Å². The van der Waals surface area contributed by atoms with Crippen molar-refractivity contribution in [2.75, 3.05) is 19.7 Å². The fourth-order valence-electron chi connectivity index (χ4n) is 2.17. The van der Waals surface area contributed by atoms with Crippen LogP contribution in [0.5, 0.6) is 0 Å². The number of aliphatic hydroxyl groups excluding tert-OH is 1. The first-order valence-electron chi connectivity index (χ1n) is 7.03. The highest BCUT2D eigenvalue weighted by Gasteiger charge is 2.09. The summed E-state index contributed by atoms with van der Waals surface area (Å²) in [4.78, 5) is 2.14. The summed E-state index contributed by atoms with van der Waals surface area (Å²) in [5.74, 6) is 5.39. The van der Waals surface area contributed by atoms with Crippen molar-refractivity contribution in [3.63, 3.8) is 0 Å². The van der Waals surface area contributed by atoms with Gasteiger partial charge in [0.15, 0.2) is 0 Å². The van der Waals surface area contributed by atoms with Gasteiger partial charge in [-0.25, -0.2) is 4.39 Å². The zero-order valence-electron chi connectivity index (χ0n) is 12.6. The van der Waals surface area contributed by atoms with E-state index >= 15 is 0 Å². The molecule has 0 aromatic heterocycles. The normalized spacial score (nSPS) is 10.3. The van der Waals surface area contributed by atoms with Gasteiger partial charge in [0.2, 0.25) is 0 Å². The van der Waals surface area contributed by atoms with Crippen LogP contribution in [0.3, 0.4) is 0 Å². The average Bonchev–Trinajstić information content (AvgIpc) is 2.41. The average molecular weight is 288 g/mol. The van der Waals surface area contributed by atoms with E-state index in [4.69, 9.17) is 10.4 Å². The second-order valence-electron chi connectivity index (χ2n) is 5.35. The smallest absolute Gasteiger partial charge is 0.124 e. The van der Waals surface area contributed by atoms with E-state index in [0.717, 1.165) is 12.1 Å². The standard InChI is InChI=1S/C17H21FN2O/c1-14(2)12-20(7-4-6-19)13-16-9-15(5-3-8-21)10-17(18)11-16/h9-11,14,21H,4,7-8,12-13H2,1-2H3. The number of hydrogen-bond donors (Lipinski definition) is 1. The van der Waals surface area contributed by atoms with Crippen LogP contribution in [0.4, 0.5) is 4.39 Å². The van der Waals surface area contributed by atoms with Crippen molar-refractivity contribution in [2.45, 2.75) is 26.8 Å². The summed E-state index contributed by atoms with van der Waals surface area (Å²) in [5.41, 5.74) is 1.39. The molecule has 0 aliphatic carbocycles. The Morgan fingerprint density at radius 3 is 2.71 bits per heavy atom. The molecule has 0 aliphatic rings. The molecular weight excluding hydrogens is 267 g/mol. The van der Waals surface area contributed by atoms with Crippen molar-refractivity contribution in [1.29, 1.82) is 5.26 Å². The Morgan fingerprint density at radius 1 is 1.33 bits per heavy atom. The molecule has 0 saturated heterocycles. The van der Waals surface area contributed by atoms with Crippen molar-refractivity contribution in [1.82, 2.24) is 4.90 Å². The topological polar surface area (TPSA) is 47.3 Å². The number of nitriles is 1. The van der Waals surface area contributed by atoms with Gasteiger partial charge in [0, 0.05) is 31.6 Å². The lowest BCUT2D eigenvalue weighted by atomic mass is 10.1. The van der Waals surface area contributed by atoms with Crippen LogP contribution in [0, 0.1) is 34.9 Å². The summed E-state index contributed by atoms with van der Waals surface area (Å²) < 4.78 is 13.6.